The van der Waals surface area contributed by atoms with E-state index in [1.807, 2.05) is 0 Å². The third-order valence-corrected chi connectivity index (χ3v) is 4.26. The highest BCUT2D eigenvalue weighted by atomic mass is 32.1. The summed E-state index contributed by atoms with van der Waals surface area (Å²) in [6.45, 7) is 7.00. The molecule has 0 saturated carbocycles. The molecule has 1 saturated heterocycles. The Balaban J connectivity index is 1.92. The largest absolute Gasteiger partial charge is 0.467 e. The first kappa shape index (κ1) is 14.4. The maximum atomic E-state index is 11.5. The second-order valence-corrected chi connectivity index (χ2v) is 5.84. The molecule has 0 aromatic carbocycles. The van der Waals surface area contributed by atoms with Gasteiger partial charge in [-0.15, -0.1) is 11.3 Å². The molecule has 2 heterocycles. The molecule has 1 fully saturated rings. The number of methoxy groups -OCH3 is 1. The minimum Gasteiger partial charge on any atom is -0.467 e. The first-order chi connectivity index (χ1) is 9.10. The minimum absolute atomic E-state index is 0.300. The Bertz CT molecular complexity index is 433. The number of aromatic nitrogens is 1. The summed E-state index contributed by atoms with van der Waals surface area (Å²) in [5.74, 6) is 0.164. The molecule has 19 heavy (non-hydrogen) atoms. The van der Waals surface area contributed by atoms with Crippen LogP contribution in [0.5, 0.6) is 0 Å². The molecule has 1 aliphatic heterocycles. The number of nitrogens with zero attached hydrogens (tertiary/aromatic N) is 2. The van der Waals surface area contributed by atoms with Gasteiger partial charge in [-0.05, 0) is 0 Å². The van der Waals surface area contributed by atoms with Crippen LogP contribution < -0.4 is 0 Å². The quantitative estimate of drug-likeness (QED) is 0.787. The Morgan fingerprint density at radius 1 is 1.68 bits per heavy atom. The monoisotopic (exact) mass is 284 g/mol. The summed E-state index contributed by atoms with van der Waals surface area (Å²) in [6, 6.07) is 0. The lowest BCUT2D eigenvalue weighted by Gasteiger charge is -2.30. The van der Waals surface area contributed by atoms with Gasteiger partial charge in [0, 0.05) is 30.9 Å². The zero-order chi connectivity index (χ0) is 13.8. The van der Waals surface area contributed by atoms with Gasteiger partial charge in [0.05, 0.1) is 24.4 Å². The number of rotatable bonds is 4. The molecule has 0 N–H and O–H groups in total. The average Bonchev–Trinajstić information content (AvgIpc) is 2.87. The molecule has 1 atom stereocenters. The lowest BCUT2D eigenvalue weighted by Crippen LogP contribution is -2.46. The summed E-state index contributed by atoms with van der Waals surface area (Å²) in [5, 5.41) is 3.26. The smallest absolute Gasteiger partial charge is 0.336 e. The Labute approximate surface area is 117 Å². The number of ether oxygens (including phenoxy) is 2. The summed E-state index contributed by atoms with van der Waals surface area (Å²) in [4.78, 5) is 18.3. The Morgan fingerprint density at radius 3 is 3.11 bits per heavy atom. The third kappa shape index (κ3) is 3.75. The second kappa shape index (κ2) is 6.45. The van der Waals surface area contributed by atoms with Crippen LogP contribution in [0.1, 0.15) is 30.5 Å². The summed E-state index contributed by atoms with van der Waals surface area (Å²) >= 11 is 1.70. The normalized spacial score (nSPS) is 20.7. The molecule has 0 spiro atoms. The van der Waals surface area contributed by atoms with Crippen LogP contribution in [-0.2, 0) is 20.8 Å². The van der Waals surface area contributed by atoms with Gasteiger partial charge in [0.15, 0.2) is 6.10 Å². The van der Waals surface area contributed by atoms with E-state index in [4.69, 9.17) is 9.47 Å². The Hall–Kier alpha value is -0.980. The van der Waals surface area contributed by atoms with E-state index in [2.05, 4.69) is 29.1 Å². The van der Waals surface area contributed by atoms with Gasteiger partial charge in [-0.1, -0.05) is 13.8 Å². The first-order valence-electron chi connectivity index (χ1n) is 6.46. The van der Waals surface area contributed by atoms with Crippen LogP contribution >= 0.6 is 11.3 Å². The third-order valence-electron chi connectivity index (χ3n) is 3.06. The maximum absolute atomic E-state index is 11.5. The van der Waals surface area contributed by atoms with Gasteiger partial charge < -0.3 is 9.47 Å². The number of carbonyl (C=O) groups is 1. The lowest BCUT2D eigenvalue weighted by molar-refractivity contribution is -0.160. The Kier molecular flexibility index (Phi) is 4.90. The summed E-state index contributed by atoms with van der Waals surface area (Å²) in [7, 11) is 1.39. The number of morpholine rings is 1. The van der Waals surface area contributed by atoms with Gasteiger partial charge in [-0.25, -0.2) is 9.78 Å². The van der Waals surface area contributed by atoms with Crippen molar-refractivity contribution in [2.45, 2.75) is 32.4 Å². The van der Waals surface area contributed by atoms with Crippen LogP contribution in [0.4, 0.5) is 0 Å². The van der Waals surface area contributed by atoms with Gasteiger partial charge in [0.2, 0.25) is 0 Å². The molecule has 106 valence electrons. The van der Waals surface area contributed by atoms with Gasteiger partial charge in [-0.3, -0.25) is 4.90 Å². The van der Waals surface area contributed by atoms with Crippen molar-refractivity contribution >= 4 is 17.3 Å². The van der Waals surface area contributed by atoms with E-state index < -0.39 is 6.10 Å². The second-order valence-electron chi connectivity index (χ2n) is 4.95. The molecular formula is C13H20N2O3S. The highest BCUT2D eigenvalue weighted by Gasteiger charge is 2.27. The van der Waals surface area contributed by atoms with Crippen molar-refractivity contribution in [3.63, 3.8) is 0 Å². The highest BCUT2D eigenvalue weighted by Crippen LogP contribution is 2.20. The van der Waals surface area contributed by atoms with Crippen molar-refractivity contribution in [3.05, 3.63) is 16.1 Å². The summed E-state index contributed by atoms with van der Waals surface area (Å²) in [6.07, 6.45) is -0.470. The van der Waals surface area contributed by atoms with Crippen molar-refractivity contribution in [2.24, 2.45) is 0 Å². The maximum Gasteiger partial charge on any atom is 0.336 e. The zero-order valence-electron chi connectivity index (χ0n) is 11.6. The number of hydrogen-bond acceptors (Lipinski definition) is 6. The van der Waals surface area contributed by atoms with Crippen LogP contribution in [0.15, 0.2) is 5.38 Å². The van der Waals surface area contributed by atoms with Crippen molar-refractivity contribution in [3.8, 4) is 0 Å². The number of thiazole rings is 1. The molecule has 0 bridgehead atoms. The van der Waals surface area contributed by atoms with Crippen LogP contribution in [0.2, 0.25) is 0 Å². The number of esters is 1. The molecule has 5 nitrogen and oxygen atoms in total. The van der Waals surface area contributed by atoms with Crippen LogP contribution in [-0.4, -0.2) is 48.8 Å². The van der Waals surface area contributed by atoms with Crippen molar-refractivity contribution in [1.82, 2.24) is 9.88 Å². The standard InChI is InChI=1S/C13H20N2O3S/c1-9(2)12-14-10(8-19-12)6-15-4-5-18-11(7-15)13(16)17-3/h8-9,11H,4-7H2,1-3H3. The van der Waals surface area contributed by atoms with Gasteiger partial charge in [0.25, 0.3) is 0 Å². The van der Waals surface area contributed by atoms with E-state index in [1.165, 1.54) is 7.11 Å². The Morgan fingerprint density at radius 2 is 2.47 bits per heavy atom. The molecule has 6 heteroatoms. The fourth-order valence-electron chi connectivity index (χ4n) is 2.01. The van der Waals surface area contributed by atoms with E-state index in [9.17, 15) is 4.79 Å². The predicted molar refractivity (Wildman–Crippen MR) is 73.2 cm³/mol. The molecule has 1 aromatic rings. The van der Waals surface area contributed by atoms with E-state index in [-0.39, 0.29) is 5.97 Å². The van der Waals surface area contributed by atoms with Crippen molar-refractivity contribution in [1.29, 1.82) is 0 Å². The van der Waals surface area contributed by atoms with Crippen LogP contribution in [0.3, 0.4) is 0 Å². The minimum atomic E-state index is -0.470. The SMILES string of the molecule is COC(=O)C1CN(Cc2csc(C(C)C)n2)CCO1. The van der Waals surface area contributed by atoms with Gasteiger partial charge >= 0.3 is 5.97 Å². The van der Waals surface area contributed by atoms with E-state index in [1.54, 1.807) is 11.3 Å². The molecule has 1 aromatic heterocycles. The highest BCUT2D eigenvalue weighted by molar-refractivity contribution is 7.09. The summed E-state index contributed by atoms with van der Waals surface area (Å²) in [5.41, 5.74) is 1.07. The molecule has 0 aliphatic carbocycles. The first-order valence-corrected chi connectivity index (χ1v) is 7.34. The fourth-order valence-corrected chi connectivity index (χ4v) is 2.84. The van der Waals surface area contributed by atoms with E-state index >= 15 is 0 Å². The molecular weight excluding hydrogens is 264 g/mol. The molecule has 1 aliphatic rings. The molecule has 0 amide bonds. The number of carbonyl (C=O) groups excluding carboxylic acids is 1. The molecule has 1 unspecified atom stereocenters. The zero-order valence-corrected chi connectivity index (χ0v) is 12.4. The predicted octanol–water partition coefficient (Wildman–Crippen LogP) is 1.64. The topological polar surface area (TPSA) is 51.7 Å². The van der Waals surface area contributed by atoms with Crippen molar-refractivity contribution in [2.75, 3.05) is 26.8 Å². The van der Waals surface area contributed by atoms with Crippen molar-refractivity contribution < 1.29 is 14.3 Å². The van der Waals surface area contributed by atoms with Crippen LogP contribution in [0.25, 0.3) is 0 Å². The fraction of sp³-hybridized carbons (Fsp3) is 0.692. The van der Waals surface area contributed by atoms with Gasteiger partial charge in [-0.2, -0.15) is 0 Å². The van der Waals surface area contributed by atoms with E-state index in [0.717, 1.165) is 23.8 Å². The number of hydrogen-bond donors (Lipinski definition) is 0. The molecule has 2 rings (SSSR count). The average molecular weight is 284 g/mol. The molecule has 0 radical (unpaired) electrons. The van der Waals surface area contributed by atoms with E-state index in [0.29, 0.717) is 19.1 Å². The summed E-state index contributed by atoms with van der Waals surface area (Å²) < 4.78 is 10.1. The van der Waals surface area contributed by atoms with Crippen LogP contribution in [0, 0.1) is 0 Å². The van der Waals surface area contributed by atoms with Gasteiger partial charge in [0.1, 0.15) is 0 Å². The lowest BCUT2D eigenvalue weighted by atomic mass is 10.2.